The first-order valence-corrected chi connectivity index (χ1v) is 7.14. The Labute approximate surface area is 120 Å². The largest absolute Gasteiger partial charge is 0.458 e. The molecule has 2 bridgehead atoms. The number of epoxide rings is 2. The van der Waals surface area contributed by atoms with E-state index in [-0.39, 0.29) is 41.9 Å². The summed E-state index contributed by atoms with van der Waals surface area (Å²) >= 11 is 0. The minimum Gasteiger partial charge on any atom is -0.458 e. The monoisotopic (exact) mass is 290 g/mol. The van der Waals surface area contributed by atoms with Crippen LogP contribution in [-0.2, 0) is 28.5 Å². The van der Waals surface area contributed by atoms with Gasteiger partial charge in [-0.05, 0) is 13.0 Å². The molecular weight excluding hydrogens is 276 g/mol. The fraction of sp³-hybridized carbons (Fsp3) is 0.600. The zero-order valence-corrected chi connectivity index (χ0v) is 11.4. The molecule has 6 nitrogen and oxygen atoms in total. The average Bonchev–Trinajstić information content (AvgIpc) is 3.25. The van der Waals surface area contributed by atoms with Crippen LogP contribution in [0.1, 0.15) is 13.3 Å². The molecule has 21 heavy (non-hydrogen) atoms. The summed E-state index contributed by atoms with van der Waals surface area (Å²) in [6.07, 6.45) is 1.08. The van der Waals surface area contributed by atoms with Crippen LogP contribution in [0.5, 0.6) is 0 Å². The maximum atomic E-state index is 12.0. The van der Waals surface area contributed by atoms with Crippen LogP contribution >= 0.6 is 0 Å². The minimum absolute atomic E-state index is 0.0541. The molecule has 0 N–H and O–H groups in total. The molecule has 4 aliphatic heterocycles. The zero-order valence-electron chi connectivity index (χ0n) is 11.4. The fourth-order valence-electron chi connectivity index (χ4n) is 3.92. The molecule has 5 rings (SSSR count). The molecule has 5 aliphatic rings. The second-order valence-corrected chi connectivity index (χ2v) is 6.56. The van der Waals surface area contributed by atoms with Gasteiger partial charge in [-0.2, -0.15) is 0 Å². The Morgan fingerprint density at radius 3 is 2.90 bits per heavy atom. The molecule has 0 spiro atoms. The molecule has 110 valence electrons. The van der Waals surface area contributed by atoms with Gasteiger partial charge in [0.2, 0.25) is 0 Å². The highest BCUT2D eigenvalue weighted by Crippen LogP contribution is 2.54. The Kier molecular flexibility index (Phi) is 1.93. The van der Waals surface area contributed by atoms with Crippen molar-refractivity contribution in [2.24, 2.45) is 5.92 Å². The van der Waals surface area contributed by atoms with Crippen molar-refractivity contribution in [3.05, 3.63) is 23.8 Å². The molecule has 4 heterocycles. The second-order valence-electron chi connectivity index (χ2n) is 6.56. The van der Waals surface area contributed by atoms with Gasteiger partial charge in [-0.25, -0.2) is 9.59 Å². The normalized spacial score (nSPS) is 53.0. The predicted octanol–water partition coefficient (Wildman–Crippen LogP) is 0.265. The van der Waals surface area contributed by atoms with Crippen LogP contribution in [-0.4, -0.2) is 48.1 Å². The summed E-state index contributed by atoms with van der Waals surface area (Å²) in [5.41, 5.74) is 0.536. The number of rotatable bonds is 0. The summed E-state index contributed by atoms with van der Waals surface area (Å²) < 4.78 is 22.3. The lowest BCUT2D eigenvalue weighted by atomic mass is 9.83. The highest BCUT2D eigenvalue weighted by Gasteiger charge is 2.68. The summed E-state index contributed by atoms with van der Waals surface area (Å²) in [5.74, 6) is -1.12. The molecule has 0 saturated carbocycles. The van der Waals surface area contributed by atoms with E-state index in [1.807, 2.05) is 6.92 Å². The number of carbonyl (C=O) groups excluding carboxylic acids is 2. The van der Waals surface area contributed by atoms with Crippen molar-refractivity contribution in [3.8, 4) is 0 Å². The average molecular weight is 290 g/mol. The van der Waals surface area contributed by atoms with Crippen molar-refractivity contribution >= 4 is 11.9 Å². The number of esters is 2. The topological polar surface area (TPSA) is 77.7 Å². The molecule has 0 aromatic heterocycles. The van der Waals surface area contributed by atoms with Crippen LogP contribution in [0.25, 0.3) is 0 Å². The zero-order chi connectivity index (χ0) is 14.5. The smallest absolute Gasteiger partial charge is 0.337 e. The van der Waals surface area contributed by atoms with Crippen LogP contribution in [0.2, 0.25) is 0 Å². The SMILES string of the molecule is C=C1C(=O)O[C@@H]2C[C@]3(C)O[C@@H]3[C@@H]3O[C@H]3C3=C[C@H](OC3=O)[C@H]12. The van der Waals surface area contributed by atoms with E-state index in [1.54, 1.807) is 6.08 Å². The van der Waals surface area contributed by atoms with Gasteiger partial charge in [0.15, 0.2) is 0 Å². The lowest BCUT2D eigenvalue weighted by Gasteiger charge is -2.23. The summed E-state index contributed by atoms with van der Waals surface area (Å²) in [5, 5.41) is 0. The van der Waals surface area contributed by atoms with E-state index in [0.29, 0.717) is 17.6 Å². The Bertz CT molecular complexity index is 636. The Balaban J connectivity index is 1.59. The van der Waals surface area contributed by atoms with Crippen molar-refractivity contribution in [2.45, 2.75) is 49.5 Å². The van der Waals surface area contributed by atoms with E-state index in [2.05, 4.69) is 6.58 Å². The van der Waals surface area contributed by atoms with Crippen LogP contribution in [0, 0.1) is 5.92 Å². The summed E-state index contributed by atoms with van der Waals surface area (Å²) in [7, 11) is 0. The van der Waals surface area contributed by atoms with Crippen molar-refractivity contribution < 1.29 is 28.5 Å². The third-order valence-corrected chi connectivity index (χ3v) is 5.18. The van der Waals surface area contributed by atoms with E-state index >= 15 is 0 Å². The van der Waals surface area contributed by atoms with Crippen LogP contribution in [0.15, 0.2) is 23.8 Å². The molecule has 3 fully saturated rings. The van der Waals surface area contributed by atoms with Gasteiger partial charge < -0.3 is 18.9 Å². The number of fused-ring (bicyclic) bond motifs is 7. The van der Waals surface area contributed by atoms with Gasteiger partial charge >= 0.3 is 11.9 Å². The van der Waals surface area contributed by atoms with Crippen molar-refractivity contribution in [1.82, 2.24) is 0 Å². The van der Waals surface area contributed by atoms with Gasteiger partial charge in [-0.3, -0.25) is 0 Å². The lowest BCUT2D eigenvalue weighted by Crippen LogP contribution is -2.33. The first-order valence-electron chi connectivity index (χ1n) is 7.14. The predicted molar refractivity (Wildman–Crippen MR) is 67.0 cm³/mol. The lowest BCUT2D eigenvalue weighted by molar-refractivity contribution is -0.143. The molecule has 0 unspecified atom stereocenters. The van der Waals surface area contributed by atoms with Gasteiger partial charge in [0.1, 0.15) is 30.5 Å². The van der Waals surface area contributed by atoms with Crippen LogP contribution in [0.4, 0.5) is 0 Å². The van der Waals surface area contributed by atoms with E-state index in [0.717, 1.165) is 0 Å². The fourth-order valence-corrected chi connectivity index (χ4v) is 3.92. The Morgan fingerprint density at radius 2 is 2.10 bits per heavy atom. The van der Waals surface area contributed by atoms with Crippen LogP contribution in [0.3, 0.4) is 0 Å². The summed E-state index contributed by atoms with van der Waals surface area (Å²) in [6.45, 7) is 5.80. The molecule has 0 aromatic rings. The van der Waals surface area contributed by atoms with Gasteiger partial charge in [-0.1, -0.05) is 6.58 Å². The molecule has 1 aliphatic carbocycles. The number of hydrogen-bond acceptors (Lipinski definition) is 6. The third-order valence-electron chi connectivity index (χ3n) is 5.18. The second kappa shape index (κ2) is 3.39. The highest BCUT2D eigenvalue weighted by atomic mass is 16.7. The third kappa shape index (κ3) is 1.44. The maximum absolute atomic E-state index is 12.0. The van der Waals surface area contributed by atoms with E-state index in [9.17, 15) is 9.59 Å². The molecule has 0 amide bonds. The highest BCUT2D eigenvalue weighted by molar-refractivity contribution is 5.94. The molecule has 0 aromatic carbocycles. The van der Waals surface area contributed by atoms with Gasteiger partial charge in [0.25, 0.3) is 0 Å². The van der Waals surface area contributed by atoms with Gasteiger partial charge in [0.05, 0.1) is 17.1 Å². The molecule has 7 atom stereocenters. The van der Waals surface area contributed by atoms with E-state index in [1.165, 1.54) is 0 Å². The summed E-state index contributed by atoms with van der Waals surface area (Å²) in [6, 6.07) is 0. The summed E-state index contributed by atoms with van der Waals surface area (Å²) in [4.78, 5) is 23.9. The standard InChI is InChI=1S/C15H14O6/c1-5-9-7-3-6(14(17)18-7)10-11(20-10)12-15(2,21-12)4-8(9)19-13(5)16/h3,7-12H,1,4H2,2H3/t7-,8+,9-,10-,11+,12+,15-/m0/s1. The molecular formula is C15H14O6. The number of carbonyl (C=O) groups is 2. The van der Waals surface area contributed by atoms with Crippen molar-refractivity contribution in [1.29, 1.82) is 0 Å². The number of hydrogen-bond donors (Lipinski definition) is 0. The van der Waals surface area contributed by atoms with E-state index < -0.39 is 12.1 Å². The van der Waals surface area contributed by atoms with Crippen molar-refractivity contribution in [2.75, 3.05) is 0 Å². The van der Waals surface area contributed by atoms with Gasteiger partial charge in [0, 0.05) is 12.0 Å². The van der Waals surface area contributed by atoms with Crippen molar-refractivity contribution in [3.63, 3.8) is 0 Å². The first kappa shape index (κ1) is 11.9. The quantitative estimate of drug-likeness (QED) is 0.362. The first-order chi connectivity index (χ1) is 9.98. The molecule has 3 saturated heterocycles. The Morgan fingerprint density at radius 1 is 1.29 bits per heavy atom. The number of ether oxygens (including phenoxy) is 4. The minimum atomic E-state index is -0.500. The van der Waals surface area contributed by atoms with E-state index in [4.69, 9.17) is 18.9 Å². The maximum Gasteiger partial charge on any atom is 0.337 e. The molecule has 6 heteroatoms. The molecule has 0 radical (unpaired) electrons. The van der Waals surface area contributed by atoms with Gasteiger partial charge in [-0.15, -0.1) is 0 Å². The Hall–Kier alpha value is -1.66. The van der Waals surface area contributed by atoms with Crippen LogP contribution < -0.4 is 0 Å².